The van der Waals surface area contributed by atoms with E-state index in [9.17, 15) is 17.6 Å². The van der Waals surface area contributed by atoms with Crippen LogP contribution < -0.4 is 14.2 Å². The Balaban J connectivity index is 1.55. The molecule has 8 nitrogen and oxygen atoms in total. The third-order valence-corrected chi connectivity index (χ3v) is 7.61. The molecule has 0 saturated carbocycles. The number of nitrogens with zero attached hydrogens (tertiary/aromatic N) is 1. The number of hydrogen-bond acceptors (Lipinski definition) is 6. The van der Waals surface area contributed by atoms with Crippen molar-refractivity contribution in [2.24, 2.45) is 0 Å². The van der Waals surface area contributed by atoms with Gasteiger partial charge in [0.1, 0.15) is 22.2 Å². The summed E-state index contributed by atoms with van der Waals surface area (Å²) in [5.41, 5.74) is 1.52. The van der Waals surface area contributed by atoms with Crippen LogP contribution in [0.2, 0.25) is 5.02 Å². The van der Waals surface area contributed by atoms with Crippen LogP contribution in [0.3, 0.4) is 0 Å². The van der Waals surface area contributed by atoms with Crippen LogP contribution in [-0.4, -0.2) is 31.1 Å². The summed E-state index contributed by atoms with van der Waals surface area (Å²) >= 11 is 9.24. The van der Waals surface area contributed by atoms with Gasteiger partial charge in [0, 0.05) is 6.04 Å². The van der Waals surface area contributed by atoms with Crippen LogP contribution in [0.5, 0.6) is 17.4 Å². The maximum atomic E-state index is 13.3. The van der Waals surface area contributed by atoms with Crippen LogP contribution >= 0.6 is 27.5 Å². The normalized spacial score (nSPS) is 15.3. The number of fused-ring (bicyclic) bond motifs is 1. The fraction of sp³-hybridized carbons (Fsp3) is 0.217. The molecule has 0 saturated heterocycles. The highest BCUT2D eigenvalue weighted by Crippen LogP contribution is 2.37. The standard InChI is InChI=1S/C23H19BrClFN2O6S/c24-17-10-14(11-27-23(17)34-21-8-7-13(26)9-18(21)25)35(31,32)28-19-5-1-4-16-15(19)3-2-6-20(16)33-12-22(29)30/h2-3,6-11,19,28H,1,4-5,12H2,(H,29,30). The minimum absolute atomic E-state index is 0.0414. The molecule has 0 bridgehead atoms. The monoisotopic (exact) mass is 584 g/mol. The fourth-order valence-corrected chi connectivity index (χ4v) is 5.77. The zero-order chi connectivity index (χ0) is 25.2. The van der Waals surface area contributed by atoms with Gasteiger partial charge in [0.05, 0.1) is 15.7 Å². The molecule has 35 heavy (non-hydrogen) atoms. The number of hydrogen-bond donors (Lipinski definition) is 2. The van der Waals surface area contributed by atoms with Crippen LogP contribution in [0, 0.1) is 5.82 Å². The van der Waals surface area contributed by atoms with Crippen LogP contribution in [0.15, 0.2) is 58.0 Å². The van der Waals surface area contributed by atoms with Crippen LogP contribution in [0.4, 0.5) is 4.39 Å². The maximum Gasteiger partial charge on any atom is 0.341 e. The first kappa shape index (κ1) is 25.4. The molecule has 0 spiro atoms. The van der Waals surface area contributed by atoms with Gasteiger partial charge in [0.2, 0.25) is 15.9 Å². The number of carbonyl (C=O) groups is 1. The Hall–Kier alpha value is -2.73. The number of aliphatic carboxylic acids is 1. The van der Waals surface area contributed by atoms with Crippen molar-refractivity contribution in [1.82, 2.24) is 9.71 Å². The Labute approximate surface area is 214 Å². The third-order valence-electron chi connectivity index (χ3n) is 5.31. The van der Waals surface area contributed by atoms with E-state index in [0.717, 1.165) is 23.4 Å². The zero-order valence-corrected chi connectivity index (χ0v) is 21.2. The molecular formula is C23H19BrClFN2O6S. The van der Waals surface area contributed by atoms with Gasteiger partial charge in [-0.05, 0) is 76.7 Å². The average molecular weight is 586 g/mol. The molecule has 0 aliphatic heterocycles. The fourth-order valence-electron chi connectivity index (χ4n) is 3.76. The second-order valence-corrected chi connectivity index (χ2v) is 10.7. The number of carboxylic acid groups (broad SMARTS) is 1. The molecule has 3 aromatic rings. The zero-order valence-electron chi connectivity index (χ0n) is 18.0. The first-order chi connectivity index (χ1) is 16.6. The van der Waals surface area contributed by atoms with Gasteiger partial charge in [0.25, 0.3) is 0 Å². The lowest BCUT2D eigenvalue weighted by atomic mass is 9.87. The highest BCUT2D eigenvalue weighted by atomic mass is 79.9. The lowest BCUT2D eigenvalue weighted by Crippen LogP contribution is -2.31. The van der Waals surface area contributed by atoms with E-state index in [1.807, 2.05) is 0 Å². The van der Waals surface area contributed by atoms with E-state index < -0.39 is 34.5 Å². The molecule has 0 amide bonds. The second-order valence-electron chi connectivity index (χ2n) is 7.71. The van der Waals surface area contributed by atoms with E-state index >= 15 is 0 Å². The minimum Gasteiger partial charge on any atom is -0.482 e. The average Bonchev–Trinajstić information content (AvgIpc) is 2.80. The summed E-state index contributed by atoms with van der Waals surface area (Å²) in [5, 5.41) is 8.94. The van der Waals surface area contributed by atoms with Gasteiger partial charge in [-0.25, -0.2) is 27.3 Å². The van der Waals surface area contributed by atoms with Crippen LogP contribution in [0.1, 0.15) is 30.0 Å². The summed E-state index contributed by atoms with van der Waals surface area (Å²) in [5.74, 6) is -0.968. The maximum absolute atomic E-state index is 13.3. The van der Waals surface area contributed by atoms with Crippen molar-refractivity contribution in [2.75, 3.05) is 6.61 Å². The number of pyridine rings is 1. The van der Waals surface area contributed by atoms with E-state index in [0.29, 0.717) is 25.0 Å². The molecule has 184 valence electrons. The Morgan fingerprint density at radius 1 is 1.26 bits per heavy atom. The highest BCUT2D eigenvalue weighted by Gasteiger charge is 2.28. The molecule has 2 aromatic carbocycles. The molecule has 2 N–H and O–H groups in total. The van der Waals surface area contributed by atoms with Gasteiger partial charge >= 0.3 is 5.97 Å². The minimum atomic E-state index is -3.98. The second kappa shape index (κ2) is 10.5. The Morgan fingerprint density at radius 2 is 2.06 bits per heavy atom. The number of nitrogens with one attached hydrogen (secondary N) is 1. The van der Waals surface area contributed by atoms with Gasteiger partial charge in [-0.15, -0.1) is 0 Å². The highest BCUT2D eigenvalue weighted by molar-refractivity contribution is 9.10. The van der Waals surface area contributed by atoms with E-state index in [1.165, 1.54) is 18.2 Å². The first-order valence-corrected chi connectivity index (χ1v) is 13.1. The number of rotatable bonds is 8. The molecule has 1 aromatic heterocycles. The van der Waals surface area contributed by atoms with Gasteiger partial charge in [0.15, 0.2) is 6.61 Å². The number of carboxylic acids is 1. The summed E-state index contributed by atoms with van der Waals surface area (Å²) in [4.78, 5) is 14.9. The quantitative estimate of drug-likeness (QED) is 0.371. The van der Waals surface area contributed by atoms with Crippen molar-refractivity contribution in [3.8, 4) is 17.4 Å². The van der Waals surface area contributed by atoms with Crippen molar-refractivity contribution in [1.29, 1.82) is 0 Å². The molecule has 12 heteroatoms. The summed E-state index contributed by atoms with van der Waals surface area (Å²) in [6.45, 7) is -0.482. The summed E-state index contributed by atoms with van der Waals surface area (Å²) in [7, 11) is -3.98. The van der Waals surface area contributed by atoms with E-state index in [4.69, 9.17) is 26.2 Å². The van der Waals surface area contributed by atoms with Crippen molar-refractivity contribution in [3.63, 3.8) is 0 Å². The van der Waals surface area contributed by atoms with Crippen molar-refractivity contribution in [3.05, 3.63) is 75.1 Å². The Morgan fingerprint density at radius 3 is 2.77 bits per heavy atom. The molecule has 1 aliphatic carbocycles. The molecule has 1 unspecified atom stereocenters. The lowest BCUT2D eigenvalue weighted by molar-refractivity contribution is -0.139. The molecular weight excluding hydrogens is 567 g/mol. The van der Waals surface area contributed by atoms with Crippen LogP contribution in [-0.2, 0) is 21.2 Å². The topological polar surface area (TPSA) is 115 Å². The molecule has 1 aliphatic rings. The largest absolute Gasteiger partial charge is 0.482 e. The molecule has 0 fully saturated rings. The number of aromatic nitrogens is 1. The third kappa shape index (κ3) is 5.92. The lowest BCUT2D eigenvalue weighted by Gasteiger charge is -2.27. The van der Waals surface area contributed by atoms with Gasteiger partial charge < -0.3 is 14.6 Å². The number of benzene rings is 2. The predicted molar refractivity (Wildman–Crippen MR) is 129 cm³/mol. The molecule has 4 rings (SSSR count). The summed E-state index contributed by atoms with van der Waals surface area (Å²) < 4.78 is 53.5. The number of sulfonamides is 1. The smallest absolute Gasteiger partial charge is 0.341 e. The summed E-state index contributed by atoms with van der Waals surface area (Å²) in [6, 6.07) is 9.60. The van der Waals surface area contributed by atoms with E-state index in [2.05, 4.69) is 25.6 Å². The Bertz CT molecular complexity index is 1390. The van der Waals surface area contributed by atoms with E-state index in [-0.39, 0.29) is 26.0 Å². The molecule has 0 radical (unpaired) electrons. The van der Waals surface area contributed by atoms with Gasteiger partial charge in [-0.2, -0.15) is 0 Å². The van der Waals surface area contributed by atoms with Crippen molar-refractivity contribution in [2.45, 2.75) is 30.2 Å². The van der Waals surface area contributed by atoms with Crippen LogP contribution in [0.25, 0.3) is 0 Å². The number of halogens is 3. The van der Waals surface area contributed by atoms with Gasteiger partial charge in [-0.1, -0.05) is 23.7 Å². The molecule has 1 heterocycles. The SMILES string of the molecule is O=C(O)COc1cccc2c1CCCC2NS(=O)(=O)c1cnc(Oc2ccc(F)cc2Cl)c(Br)c1. The van der Waals surface area contributed by atoms with E-state index in [1.54, 1.807) is 18.2 Å². The Kier molecular flexibility index (Phi) is 7.60. The summed E-state index contributed by atoms with van der Waals surface area (Å²) in [6.07, 6.45) is 3.05. The van der Waals surface area contributed by atoms with Crippen molar-refractivity contribution < 1.29 is 32.2 Å². The first-order valence-electron chi connectivity index (χ1n) is 10.4. The number of ether oxygens (including phenoxy) is 2. The molecule has 1 atom stereocenters. The van der Waals surface area contributed by atoms with Gasteiger partial charge in [-0.3, -0.25) is 0 Å². The van der Waals surface area contributed by atoms with Crippen molar-refractivity contribution >= 4 is 43.5 Å². The predicted octanol–water partition coefficient (Wildman–Crippen LogP) is 5.25.